The molecule has 1 aliphatic rings. The largest absolute Gasteiger partial charge is 0.322 e. The number of hydrogen-bond donors (Lipinski definition) is 1. The maximum absolute atomic E-state index is 13.1. The van der Waals surface area contributed by atoms with Gasteiger partial charge in [-0.2, -0.15) is 0 Å². The van der Waals surface area contributed by atoms with Gasteiger partial charge in [0.2, 0.25) is 10.9 Å². The monoisotopic (exact) mass is 425 g/mol. The molecule has 4 nitrogen and oxygen atoms in total. The van der Waals surface area contributed by atoms with Gasteiger partial charge in [-0.1, -0.05) is 63.2 Å². The van der Waals surface area contributed by atoms with Crippen molar-refractivity contribution < 1.29 is 14.4 Å². The summed E-state index contributed by atoms with van der Waals surface area (Å²) >= 11 is 4.17. The number of ketones is 1. The zero-order valence-electron chi connectivity index (χ0n) is 18.1. The van der Waals surface area contributed by atoms with E-state index in [2.05, 4.69) is 36.9 Å². The zero-order chi connectivity index (χ0) is 21.9. The van der Waals surface area contributed by atoms with E-state index >= 15 is 0 Å². The van der Waals surface area contributed by atoms with Gasteiger partial charge in [-0.3, -0.25) is 14.4 Å². The normalized spacial score (nSPS) is 19.3. The Bertz CT molecular complexity index is 963. The van der Waals surface area contributed by atoms with E-state index in [1.807, 2.05) is 25.1 Å². The molecule has 5 heteroatoms. The van der Waals surface area contributed by atoms with Gasteiger partial charge in [0.25, 0.3) is 5.91 Å². The fourth-order valence-electron chi connectivity index (χ4n) is 4.42. The predicted octanol–water partition coefficient (Wildman–Crippen LogP) is 4.99. The van der Waals surface area contributed by atoms with Gasteiger partial charge in [-0.05, 0) is 54.9 Å². The molecule has 2 aromatic rings. The third kappa shape index (κ3) is 4.18. The molecule has 0 unspecified atom stereocenters. The van der Waals surface area contributed by atoms with Gasteiger partial charge < -0.3 is 4.90 Å². The van der Waals surface area contributed by atoms with Crippen LogP contribution in [0.5, 0.6) is 0 Å². The Morgan fingerprint density at radius 2 is 1.80 bits per heavy atom. The number of thiol groups is 1. The quantitative estimate of drug-likeness (QED) is 0.479. The van der Waals surface area contributed by atoms with Gasteiger partial charge in [-0.25, -0.2) is 0 Å². The molecular weight excluding hydrogens is 394 g/mol. The van der Waals surface area contributed by atoms with Crippen molar-refractivity contribution in [3.05, 3.63) is 48.0 Å². The first-order chi connectivity index (χ1) is 14.2. The highest BCUT2D eigenvalue weighted by atomic mass is 32.1. The number of aryl methyl sites for hydroxylation is 1. The minimum Gasteiger partial charge on any atom is -0.322 e. The molecule has 1 atom stereocenters. The first-order valence-corrected chi connectivity index (χ1v) is 11.2. The number of Topliss-reactive ketones (excluding diaryl/α,β-unsaturated/α-hetero) is 1. The van der Waals surface area contributed by atoms with Gasteiger partial charge in [0.1, 0.15) is 5.54 Å². The van der Waals surface area contributed by atoms with Crippen molar-refractivity contribution >= 4 is 40.2 Å². The first-order valence-electron chi connectivity index (χ1n) is 10.8. The summed E-state index contributed by atoms with van der Waals surface area (Å²) in [5.74, 6) is -0.952. The summed E-state index contributed by atoms with van der Waals surface area (Å²) < 4.78 is 0. The molecule has 1 saturated heterocycles. The molecule has 1 fully saturated rings. The average Bonchev–Trinajstić information content (AvgIpc) is 3.18. The summed E-state index contributed by atoms with van der Waals surface area (Å²) in [6.07, 6.45) is 3.93. The molecule has 0 aliphatic carbocycles. The molecular formula is C25H31NO3S. The Kier molecular flexibility index (Phi) is 6.71. The summed E-state index contributed by atoms with van der Waals surface area (Å²) in [7, 11) is 0. The molecule has 0 aromatic heterocycles. The highest BCUT2D eigenvalue weighted by molar-refractivity contribution is 7.96. The van der Waals surface area contributed by atoms with Crippen molar-refractivity contribution in [2.75, 3.05) is 6.54 Å². The van der Waals surface area contributed by atoms with E-state index in [1.165, 1.54) is 21.2 Å². The van der Waals surface area contributed by atoms with E-state index in [-0.39, 0.29) is 5.12 Å². The topological polar surface area (TPSA) is 54.5 Å². The zero-order valence-corrected chi connectivity index (χ0v) is 19.0. The number of likely N-dealkylation sites (tertiary alicyclic amines) is 1. The van der Waals surface area contributed by atoms with Crippen LogP contribution in [-0.4, -0.2) is 33.8 Å². The number of fused-ring (bicyclic) bond motifs is 1. The summed E-state index contributed by atoms with van der Waals surface area (Å²) in [6, 6.07) is 14.5. The van der Waals surface area contributed by atoms with Crippen molar-refractivity contribution in [1.82, 2.24) is 4.90 Å². The minimum atomic E-state index is -0.982. The van der Waals surface area contributed by atoms with Crippen LogP contribution in [0.1, 0.15) is 58.4 Å². The second-order valence-corrected chi connectivity index (χ2v) is 9.36. The van der Waals surface area contributed by atoms with Crippen LogP contribution in [0.25, 0.3) is 10.8 Å². The number of rotatable bonds is 8. The fraction of sp³-hybridized carbons (Fsp3) is 0.480. The Hall–Kier alpha value is -2.14. The van der Waals surface area contributed by atoms with Crippen LogP contribution < -0.4 is 0 Å². The molecule has 30 heavy (non-hydrogen) atoms. The Morgan fingerprint density at radius 3 is 2.50 bits per heavy atom. The van der Waals surface area contributed by atoms with Crippen molar-refractivity contribution in [2.45, 2.75) is 64.8 Å². The van der Waals surface area contributed by atoms with Crippen LogP contribution in [0.15, 0.2) is 42.5 Å². The number of carbonyl (C=O) groups is 3. The molecule has 1 heterocycles. The van der Waals surface area contributed by atoms with Crippen molar-refractivity contribution in [3.63, 3.8) is 0 Å². The van der Waals surface area contributed by atoms with Crippen LogP contribution in [0.4, 0.5) is 0 Å². The number of carbonyl (C=O) groups excluding carboxylic acids is 3. The van der Waals surface area contributed by atoms with Gasteiger partial charge >= 0.3 is 0 Å². The molecule has 2 aromatic carbocycles. The second-order valence-electron chi connectivity index (χ2n) is 8.96. The van der Waals surface area contributed by atoms with Gasteiger partial charge in [0.05, 0.1) is 0 Å². The smallest absolute Gasteiger partial charge is 0.291 e. The first kappa shape index (κ1) is 22.5. The number of benzene rings is 2. The van der Waals surface area contributed by atoms with E-state index in [0.717, 1.165) is 12.8 Å². The van der Waals surface area contributed by atoms with E-state index < -0.39 is 22.6 Å². The van der Waals surface area contributed by atoms with Gasteiger partial charge in [-0.15, -0.1) is 12.6 Å². The number of nitrogens with zero attached hydrogens (tertiary/aromatic N) is 1. The molecule has 0 saturated carbocycles. The van der Waals surface area contributed by atoms with Crippen LogP contribution in [0.3, 0.4) is 0 Å². The van der Waals surface area contributed by atoms with E-state index in [0.29, 0.717) is 32.2 Å². The molecule has 0 bridgehead atoms. The molecule has 0 radical (unpaired) electrons. The van der Waals surface area contributed by atoms with Crippen molar-refractivity contribution in [3.8, 4) is 0 Å². The lowest BCUT2D eigenvalue weighted by molar-refractivity contribution is -0.153. The van der Waals surface area contributed by atoms with Crippen molar-refractivity contribution in [2.24, 2.45) is 5.41 Å². The van der Waals surface area contributed by atoms with Gasteiger partial charge in [0, 0.05) is 12.0 Å². The van der Waals surface area contributed by atoms with Crippen LogP contribution in [-0.2, 0) is 20.8 Å². The maximum atomic E-state index is 13.1. The summed E-state index contributed by atoms with van der Waals surface area (Å²) in [5, 5.41) is 2.10. The molecule has 0 N–H and O–H groups in total. The highest BCUT2D eigenvalue weighted by Gasteiger charge is 2.50. The lowest BCUT2D eigenvalue weighted by Gasteiger charge is -2.37. The second kappa shape index (κ2) is 8.93. The molecule has 0 spiro atoms. The maximum Gasteiger partial charge on any atom is 0.291 e. The summed E-state index contributed by atoms with van der Waals surface area (Å²) in [4.78, 5) is 40.0. The van der Waals surface area contributed by atoms with E-state index in [4.69, 9.17) is 0 Å². The third-order valence-corrected chi connectivity index (χ3v) is 7.16. The summed E-state index contributed by atoms with van der Waals surface area (Å²) in [6.45, 7) is 5.91. The number of amides is 1. The SMILES string of the molecule is CCC(C)(C)C(=O)C(=O)N1CCC[C@@]1(CCCc1cccc2ccccc12)C(=O)S. The standard InChI is InChI=1S/C25H31NO3S/c1-4-24(2,3)21(27)22(28)26-17-9-16-25(26,23(29)30)15-8-13-19-12-7-11-18-10-5-6-14-20(18)19/h5-7,10-12,14H,4,8-9,13,15-17H2,1-3H3,(H,29,30)/t25-/m0/s1. The Morgan fingerprint density at radius 1 is 1.10 bits per heavy atom. The highest BCUT2D eigenvalue weighted by Crippen LogP contribution is 2.38. The molecule has 1 amide bonds. The van der Waals surface area contributed by atoms with E-state index in [9.17, 15) is 14.4 Å². The molecule has 3 rings (SSSR count). The lowest BCUT2D eigenvalue weighted by atomic mass is 9.83. The third-order valence-electron chi connectivity index (χ3n) is 6.74. The molecule has 160 valence electrons. The molecule has 1 aliphatic heterocycles. The van der Waals surface area contributed by atoms with Gasteiger partial charge in [0.15, 0.2) is 0 Å². The minimum absolute atomic E-state index is 0.312. The van der Waals surface area contributed by atoms with Crippen molar-refractivity contribution in [1.29, 1.82) is 0 Å². The Labute approximate surface area is 184 Å². The average molecular weight is 426 g/mol. The summed E-state index contributed by atoms with van der Waals surface area (Å²) in [5.41, 5.74) is -0.480. The lowest BCUT2D eigenvalue weighted by Crippen LogP contribution is -2.55. The predicted molar refractivity (Wildman–Crippen MR) is 124 cm³/mol. The fourth-order valence-corrected chi connectivity index (χ4v) is 4.76. The van der Waals surface area contributed by atoms with E-state index in [1.54, 1.807) is 13.8 Å². The van der Waals surface area contributed by atoms with Crippen LogP contribution >= 0.6 is 12.6 Å². The van der Waals surface area contributed by atoms with Crippen LogP contribution in [0.2, 0.25) is 0 Å². The van der Waals surface area contributed by atoms with Crippen LogP contribution in [0, 0.1) is 5.41 Å². The Balaban J connectivity index is 1.79. The number of hydrogen-bond acceptors (Lipinski definition) is 3.